The lowest BCUT2D eigenvalue weighted by Gasteiger charge is -2.30. The molecule has 1 fully saturated rings. The zero-order valence-corrected chi connectivity index (χ0v) is 12.2. The number of alkyl halides is 3. The van der Waals surface area contributed by atoms with Crippen molar-refractivity contribution in [3.8, 4) is 5.75 Å². The molecule has 1 saturated heterocycles. The number of nitrogens with one attached hydrogen (secondary N) is 2. The lowest BCUT2D eigenvalue weighted by Crippen LogP contribution is -2.50. The largest absolute Gasteiger partial charge is 0.573 e. The highest BCUT2D eigenvalue weighted by atomic mass is 19.4. The van der Waals surface area contributed by atoms with Crippen molar-refractivity contribution in [3.05, 3.63) is 29.8 Å². The Kier molecular flexibility index (Phi) is 5.28. The lowest BCUT2D eigenvalue weighted by atomic mass is 9.94. The molecule has 0 radical (unpaired) electrons. The van der Waals surface area contributed by atoms with Crippen LogP contribution in [0.4, 0.5) is 13.2 Å². The quantitative estimate of drug-likeness (QED) is 0.896. The number of amides is 1. The fraction of sp³-hybridized carbons (Fsp3) is 0.533. The van der Waals surface area contributed by atoms with Crippen molar-refractivity contribution in [2.45, 2.75) is 32.2 Å². The van der Waals surface area contributed by atoms with Gasteiger partial charge in [-0.05, 0) is 36.6 Å². The Labute approximate surface area is 127 Å². The summed E-state index contributed by atoms with van der Waals surface area (Å²) in [4.78, 5) is 12.0. The molecule has 1 aromatic rings. The molecule has 0 aromatic heterocycles. The van der Waals surface area contributed by atoms with Crippen LogP contribution < -0.4 is 15.4 Å². The molecule has 0 saturated carbocycles. The van der Waals surface area contributed by atoms with Gasteiger partial charge in [-0.1, -0.05) is 19.1 Å². The Morgan fingerprint density at radius 3 is 2.64 bits per heavy atom. The van der Waals surface area contributed by atoms with Gasteiger partial charge in [0.25, 0.3) is 0 Å². The summed E-state index contributed by atoms with van der Waals surface area (Å²) in [7, 11) is 0. The normalized spacial score (nSPS) is 22.2. The first-order chi connectivity index (χ1) is 10.3. The predicted octanol–water partition coefficient (Wildman–Crippen LogP) is 2.24. The first kappa shape index (κ1) is 16.6. The molecule has 0 aliphatic carbocycles. The highest BCUT2D eigenvalue weighted by Gasteiger charge is 2.31. The van der Waals surface area contributed by atoms with Crippen LogP contribution in [-0.4, -0.2) is 31.4 Å². The maximum Gasteiger partial charge on any atom is 0.573 e. The Hall–Kier alpha value is -1.76. The second-order valence-corrected chi connectivity index (χ2v) is 5.51. The Morgan fingerprint density at radius 1 is 1.36 bits per heavy atom. The molecule has 2 rings (SSSR count). The molecule has 122 valence electrons. The highest BCUT2D eigenvalue weighted by molar-refractivity contribution is 5.79. The molecule has 1 aliphatic rings. The van der Waals surface area contributed by atoms with Crippen molar-refractivity contribution in [2.24, 2.45) is 5.92 Å². The molecular weight excluding hydrogens is 297 g/mol. The third-order valence-corrected chi connectivity index (χ3v) is 3.70. The molecule has 2 unspecified atom stereocenters. The smallest absolute Gasteiger partial charge is 0.406 e. The van der Waals surface area contributed by atoms with E-state index in [2.05, 4.69) is 22.3 Å². The van der Waals surface area contributed by atoms with Crippen LogP contribution in [0.15, 0.2) is 24.3 Å². The van der Waals surface area contributed by atoms with E-state index in [1.54, 1.807) is 0 Å². The molecule has 1 heterocycles. The van der Waals surface area contributed by atoms with Crippen LogP contribution in [0.25, 0.3) is 0 Å². The first-order valence-corrected chi connectivity index (χ1v) is 7.18. The Bertz CT molecular complexity index is 503. The highest BCUT2D eigenvalue weighted by Crippen LogP contribution is 2.22. The van der Waals surface area contributed by atoms with Crippen molar-refractivity contribution in [1.29, 1.82) is 0 Å². The standard InChI is InChI=1S/C15H19F3N2O2/c1-10-6-7-19-9-13(10)20-14(21)8-11-2-4-12(5-3-11)22-15(16,17)18/h2-5,10,13,19H,6-9H2,1H3,(H,20,21). The fourth-order valence-electron chi connectivity index (χ4n) is 2.44. The van der Waals surface area contributed by atoms with Gasteiger partial charge >= 0.3 is 6.36 Å². The van der Waals surface area contributed by atoms with Gasteiger partial charge in [-0.3, -0.25) is 4.79 Å². The van der Waals surface area contributed by atoms with Crippen LogP contribution in [0.2, 0.25) is 0 Å². The van der Waals surface area contributed by atoms with E-state index in [4.69, 9.17) is 0 Å². The van der Waals surface area contributed by atoms with Gasteiger partial charge in [-0.15, -0.1) is 13.2 Å². The second-order valence-electron chi connectivity index (χ2n) is 5.51. The number of ether oxygens (including phenoxy) is 1. The minimum absolute atomic E-state index is 0.0917. The first-order valence-electron chi connectivity index (χ1n) is 7.18. The number of piperidine rings is 1. The van der Waals surface area contributed by atoms with Crippen molar-refractivity contribution >= 4 is 5.91 Å². The lowest BCUT2D eigenvalue weighted by molar-refractivity contribution is -0.274. The fourth-order valence-corrected chi connectivity index (χ4v) is 2.44. The van der Waals surface area contributed by atoms with E-state index in [1.807, 2.05) is 0 Å². The number of carbonyl (C=O) groups is 1. The summed E-state index contributed by atoms with van der Waals surface area (Å²) < 4.78 is 40.0. The average Bonchev–Trinajstić information content (AvgIpc) is 2.42. The zero-order chi connectivity index (χ0) is 16.2. The summed E-state index contributed by atoms with van der Waals surface area (Å²) in [6, 6.07) is 5.43. The number of hydrogen-bond donors (Lipinski definition) is 2. The van der Waals surface area contributed by atoms with Gasteiger partial charge in [0.1, 0.15) is 5.75 Å². The van der Waals surface area contributed by atoms with Crippen molar-refractivity contribution in [2.75, 3.05) is 13.1 Å². The van der Waals surface area contributed by atoms with Gasteiger partial charge in [0, 0.05) is 12.6 Å². The number of rotatable bonds is 4. The number of carbonyl (C=O) groups excluding carboxylic acids is 1. The van der Waals surface area contributed by atoms with Crippen LogP contribution in [0.1, 0.15) is 18.9 Å². The SMILES string of the molecule is CC1CCNCC1NC(=O)Cc1ccc(OC(F)(F)F)cc1. The van der Waals surface area contributed by atoms with Crippen molar-refractivity contribution in [1.82, 2.24) is 10.6 Å². The summed E-state index contributed by atoms with van der Waals surface area (Å²) in [6.07, 6.45) is -3.56. The van der Waals surface area contributed by atoms with E-state index in [0.29, 0.717) is 11.5 Å². The zero-order valence-electron chi connectivity index (χ0n) is 12.2. The number of halogens is 3. The number of hydrogen-bond acceptors (Lipinski definition) is 3. The maximum atomic E-state index is 12.1. The monoisotopic (exact) mass is 316 g/mol. The molecular formula is C15H19F3N2O2. The topological polar surface area (TPSA) is 50.4 Å². The molecule has 2 N–H and O–H groups in total. The minimum atomic E-state index is -4.71. The van der Waals surface area contributed by atoms with Crippen LogP contribution in [-0.2, 0) is 11.2 Å². The van der Waals surface area contributed by atoms with E-state index in [9.17, 15) is 18.0 Å². The van der Waals surface area contributed by atoms with E-state index < -0.39 is 6.36 Å². The van der Waals surface area contributed by atoms with Gasteiger partial charge in [0.15, 0.2) is 0 Å². The Morgan fingerprint density at radius 2 is 2.05 bits per heavy atom. The summed E-state index contributed by atoms with van der Waals surface area (Å²) >= 11 is 0. The van der Waals surface area contributed by atoms with Gasteiger partial charge < -0.3 is 15.4 Å². The van der Waals surface area contributed by atoms with Crippen molar-refractivity contribution < 1.29 is 22.7 Å². The van der Waals surface area contributed by atoms with E-state index >= 15 is 0 Å². The van der Waals surface area contributed by atoms with Crippen LogP contribution in [0, 0.1) is 5.92 Å². The Balaban J connectivity index is 1.86. The van der Waals surface area contributed by atoms with E-state index in [-0.39, 0.29) is 24.1 Å². The van der Waals surface area contributed by atoms with Gasteiger partial charge in [-0.25, -0.2) is 0 Å². The summed E-state index contributed by atoms with van der Waals surface area (Å²) in [5, 5.41) is 6.18. The molecule has 1 amide bonds. The third-order valence-electron chi connectivity index (χ3n) is 3.70. The molecule has 0 spiro atoms. The summed E-state index contributed by atoms with van der Waals surface area (Å²) in [5.41, 5.74) is 0.642. The number of benzene rings is 1. The van der Waals surface area contributed by atoms with Crippen LogP contribution in [0.5, 0.6) is 5.75 Å². The third kappa shape index (κ3) is 5.22. The van der Waals surface area contributed by atoms with Gasteiger partial charge in [0.05, 0.1) is 6.42 Å². The molecule has 1 aromatic carbocycles. The predicted molar refractivity (Wildman–Crippen MR) is 75.4 cm³/mol. The molecule has 2 atom stereocenters. The van der Waals surface area contributed by atoms with E-state index in [1.165, 1.54) is 24.3 Å². The van der Waals surface area contributed by atoms with Gasteiger partial charge in [0.2, 0.25) is 5.91 Å². The molecule has 0 bridgehead atoms. The molecule has 22 heavy (non-hydrogen) atoms. The summed E-state index contributed by atoms with van der Waals surface area (Å²) in [6.45, 7) is 3.79. The van der Waals surface area contributed by atoms with Crippen LogP contribution in [0.3, 0.4) is 0 Å². The minimum Gasteiger partial charge on any atom is -0.406 e. The van der Waals surface area contributed by atoms with Gasteiger partial charge in [-0.2, -0.15) is 0 Å². The summed E-state index contributed by atoms with van der Waals surface area (Å²) in [5.74, 6) is -0.0143. The van der Waals surface area contributed by atoms with Crippen molar-refractivity contribution in [3.63, 3.8) is 0 Å². The maximum absolute atomic E-state index is 12.1. The average molecular weight is 316 g/mol. The second kappa shape index (κ2) is 7.00. The van der Waals surface area contributed by atoms with Crippen LogP contribution >= 0.6 is 0 Å². The van der Waals surface area contributed by atoms with E-state index in [0.717, 1.165) is 19.5 Å². The molecule has 1 aliphatic heterocycles. The molecule has 4 nitrogen and oxygen atoms in total. The molecule has 7 heteroatoms.